The zero-order valence-corrected chi connectivity index (χ0v) is 12.6. The van der Waals surface area contributed by atoms with Crippen LogP contribution in [0.25, 0.3) is 0 Å². The van der Waals surface area contributed by atoms with Gasteiger partial charge in [-0.05, 0) is 37.6 Å². The highest BCUT2D eigenvalue weighted by molar-refractivity contribution is 5.27. The fourth-order valence-corrected chi connectivity index (χ4v) is 2.50. The van der Waals surface area contributed by atoms with E-state index in [0.717, 1.165) is 31.6 Å². The van der Waals surface area contributed by atoms with Gasteiger partial charge in [0.15, 0.2) is 0 Å². The minimum absolute atomic E-state index is 0.224. The minimum Gasteiger partial charge on any atom is -0.497 e. The van der Waals surface area contributed by atoms with E-state index in [4.69, 9.17) is 4.74 Å². The number of ether oxygens (including phenoxy) is 1. The fourth-order valence-electron chi connectivity index (χ4n) is 2.50. The molecule has 0 aliphatic heterocycles. The average Bonchev–Trinajstić information content (AvgIpc) is 2.40. The third-order valence-corrected chi connectivity index (χ3v) is 3.60. The number of benzene rings is 1. The van der Waals surface area contributed by atoms with E-state index in [1.165, 1.54) is 5.56 Å². The molecule has 3 nitrogen and oxygen atoms in total. The van der Waals surface area contributed by atoms with E-state index >= 15 is 0 Å². The second-order valence-corrected chi connectivity index (χ2v) is 5.09. The zero-order chi connectivity index (χ0) is 14.3. The van der Waals surface area contributed by atoms with Crippen LogP contribution in [0.3, 0.4) is 0 Å². The van der Waals surface area contributed by atoms with Crippen molar-refractivity contribution >= 4 is 0 Å². The molecule has 0 aromatic heterocycles. The maximum Gasteiger partial charge on any atom is 0.118 e. The van der Waals surface area contributed by atoms with Crippen LogP contribution in [0, 0.1) is 0 Å². The third kappa shape index (κ3) is 4.84. The molecule has 1 aromatic carbocycles. The minimum atomic E-state index is -0.238. The number of methoxy groups -OCH3 is 1. The van der Waals surface area contributed by atoms with Gasteiger partial charge in [0.1, 0.15) is 5.75 Å². The summed E-state index contributed by atoms with van der Waals surface area (Å²) >= 11 is 0. The lowest BCUT2D eigenvalue weighted by atomic mass is 10.0. The molecule has 0 radical (unpaired) electrons. The zero-order valence-electron chi connectivity index (χ0n) is 12.6. The van der Waals surface area contributed by atoms with E-state index in [2.05, 4.69) is 37.9 Å². The normalized spacial score (nSPS) is 14.4. The van der Waals surface area contributed by atoms with Gasteiger partial charge in [0.2, 0.25) is 0 Å². The highest BCUT2D eigenvalue weighted by Gasteiger charge is 2.21. The highest BCUT2D eigenvalue weighted by Crippen LogP contribution is 2.17. The summed E-state index contributed by atoms with van der Waals surface area (Å²) < 4.78 is 5.16. The summed E-state index contributed by atoms with van der Waals surface area (Å²) in [5, 5.41) is 10.2. The van der Waals surface area contributed by atoms with Crippen LogP contribution >= 0.6 is 0 Å². The Hall–Kier alpha value is -1.06. The first-order valence-electron chi connectivity index (χ1n) is 7.13. The molecule has 0 spiro atoms. The Morgan fingerprint density at radius 3 is 2.32 bits per heavy atom. The number of rotatable bonds is 8. The van der Waals surface area contributed by atoms with Gasteiger partial charge in [-0.1, -0.05) is 32.4 Å². The lowest BCUT2D eigenvalue weighted by molar-refractivity contribution is 0.0506. The summed E-state index contributed by atoms with van der Waals surface area (Å²) in [7, 11) is 3.76. The van der Waals surface area contributed by atoms with Crippen LogP contribution < -0.4 is 4.74 Å². The molecule has 108 valence electrons. The van der Waals surface area contributed by atoms with Crippen molar-refractivity contribution in [3.05, 3.63) is 29.8 Å². The second-order valence-electron chi connectivity index (χ2n) is 5.09. The first-order chi connectivity index (χ1) is 9.12. The van der Waals surface area contributed by atoms with E-state index in [9.17, 15) is 5.11 Å². The van der Waals surface area contributed by atoms with Crippen molar-refractivity contribution < 1.29 is 9.84 Å². The molecule has 19 heavy (non-hydrogen) atoms. The van der Waals surface area contributed by atoms with Gasteiger partial charge in [0.25, 0.3) is 0 Å². The SMILES string of the molecule is CCCC(O)C(CC)N(C)Cc1ccc(OC)cc1. The Morgan fingerprint density at radius 1 is 1.21 bits per heavy atom. The monoisotopic (exact) mass is 265 g/mol. The van der Waals surface area contributed by atoms with Gasteiger partial charge < -0.3 is 9.84 Å². The molecule has 1 rings (SSSR count). The summed E-state index contributed by atoms with van der Waals surface area (Å²) in [5.74, 6) is 0.879. The summed E-state index contributed by atoms with van der Waals surface area (Å²) in [5.41, 5.74) is 1.24. The number of likely N-dealkylation sites (N-methyl/N-ethyl adjacent to an activating group) is 1. The maximum absolute atomic E-state index is 10.2. The van der Waals surface area contributed by atoms with E-state index < -0.39 is 0 Å². The Balaban J connectivity index is 2.62. The smallest absolute Gasteiger partial charge is 0.118 e. The Kier molecular flexibility index (Phi) is 6.89. The van der Waals surface area contributed by atoms with Crippen molar-refractivity contribution in [2.24, 2.45) is 0 Å². The predicted octanol–water partition coefficient (Wildman–Crippen LogP) is 3.07. The fraction of sp³-hybridized carbons (Fsp3) is 0.625. The molecular weight excluding hydrogens is 238 g/mol. The van der Waals surface area contributed by atoms with E-state index in [-0.39, 0.29) is 12.1 Å². The van der Waals surface area contributed by atoms with Gasteiger partial charge in [0.05, 0.1) is 13.2 Å². The Morgan fingerprint density at radius 2 is 1.84 bits per heavy atom. The first kappa shape index (κ1) is 16.0. The Bertz CT molecular complexity index is 350. The van der Waals surface area contributed by atoms with Gasteiger partial charge in [-0.25, -0.2) is 0 Å². The van der Waals surface area contributed by atoms with Gasteiger partial charge in [-0.15, -0.1) is 0 Å². The van der Waals surface area contributed by atoms with E-state index in [0.29, 0.717) is 0 Å². The molecule has 3 heteroatoms. The van der Waals surface area contributed by atoms with Gasteiger partial charge in [-0.3, -0.25) is 4.90 Å². The molecule has 0 saturated heterocycles. The molecule has 1 aromatic rings. The highest BCUT2D eigenvalue weighted by atomic mass is 16.5. The van der Waals surface area contributed by atoms with Crippen molar-refractivity contribution in [1.82, 2.24) is 4.90 Å². The van der Waals surface area contributed by atoms with Crippen LogP contribution in [0.5, 0.6) is 5.75 Å². The third-order valence-electron chi connectivity index (χ3n) is 3.60. The predicted molar refractivity (Wildman–Crippen MR) is 79.5 cm³/mol. The number of hydrogen-bond acceptors (Lipinski definition) is 3. The largest absolute Gasteiger partial charge is 0.497 e. The summed E-state index contributed by atoms with van der Waals surface area (Å²) in [6.07, 6.45) is 2.62. The van der Waals surface area contributed by atoms with Crippen LogP contribution in [0.15, 0.2) is 24.3 Å². The van der Waals surface area contributed by atoms with Crippen LogP contribution in [0.2, 0.25) is 0 Å². The van der Waals surface area contributed by atoms with Crippen LogP contribution in [-0.4, -0.2) is 36.3 Å². The number of aliphatic hydroxyl groups is 1. The standard InChI is InChI=1S/C16H27NO2/c1-5-7-16(18)15(6-2)17(3)12-13-8-10-14(19-4)11-9-13/h8-11,15-16,18H,5-7,12H2,1-4H3. The van der Waals surface area contributed by atoms with Crippen LogP contribution in [0.4, 0.5) is 0 Å². The van der Waals surface area contributed by atoms with Crippen LogP contribution in [0.1, 0.15) is 38.7 Å². The molecule has 0 heterocycles. The van der Waals surface area contributed by atoms with Crippen LogP contribution in [-0.2, 0) is 6.54 Å². The van der Waals surface area contributed by atoms with Crippen molar-refractivity contribution in [2.75, 3.05) is 14.2 Å². The van der Waals surface area contributed by atoms with Crippen molar-refractivity contribution in [3.8, 4) is 5.75 Å². The molecule has 0 aliphatic rings. The van der Waals surface area contributed by atoms with Crippen molar-refractivity contribution in [2.45, 2.75) is 51.8 Å². The number of hydrogen-bond donors (Lipinski definition) is 1. The van der Waals surface area contributed by atoms with E-state index in [1.54, 1.807) is 7.11 Å². The number of nitrogens with zero attached hydrogens (tertiary/aromatic N) is 1. The lowest BCUT2D eigenvalue weighted by Crippen LogP contribution is -2.40. The molecule has 0 fully saturated rings. The molecule has 0 saturated carbocycles. The molecule has 1 N–H and O–H groups in total. The summed E-state index contributed by atoms with van der Waals surface area (Å²) in [6, 6.07) is 8.34. The maximum atomic E-state index is 10.2. The topological polar surface area (TPSA) is 32.7 Å². The molecule has 2 atom stereocenters. The lowest BCUT2D eigenvalue weighted by Gasteiger charge is -2.31. The summed E-state index contributed by atoms with van der Waals surface area (Å²) in [4.78, 5) is 2.24. The molecule has 2 unspecified atom stereocenters. The second kappa shape index (κ2) is 8.18. The van der Waals surface area contributed by atoms with Crippen molar-refractivity contribution in [3.63, 3.8) is 0 Å². The van der Waals surface area contributed by atoms with Gasteiger partial charge in [-0.2, -0.15) is 0 Å². The molecular formula is C16H27NO2. The molecule has 0 bridgehead atoms. The van der Waals surface area contributed by atoms with Gasteiger partial charge in [0, 0.05) is 12.6 Å². The first-order valence-corrected chi connectivity index (χ1v) is 7.13. The quantitative estimate of drug-likeness (QED) is 0.784. The van der Waals surface area contributed by atoms with Gasteiger partial charge >= 0.3 is 0 Å². The summed E-state index contributed by atoms with van der Waals surface area (Å²) in [6.45, 7) is 5.09. The average molecular weight is 265 g/mol. The molecule has 0 aliphatic carbocycles. The van der Waals surface area contributed by atoms with E-state index in [1.807, 2.05) is 12.1 Å². The van der Waals surface area contributed by atoms with Crippen molar-refractivity contribution in [1.29, 1.82) is 0 Å². The number of aliphatic hydroxyl groups excluding tert-OH is 1. The molecule has 0 amide bonds. The Labute approximate surface area is 117 Å².